The van der Waals surface area contributed by atoms with E-state index in [9.17, 15) is 0 Å². The minimum atomic E-state index is 0.662. The lowest BCUT2D eigenvalue weighted by Gasteiger charge is -2.26. The van der Waals surface area contributed by atoms with Crippen LogP contribution < -0.4 is 5.73 Å². The summed E-state index contributed by atoms with van der Waals surface area (Å²) in [5.74, 6) is 0.773. The Morgan fingerprint density at radius 2 is 2.31 bits per heavy atom. The Balaban J connectivity index is 1.77. The molecule has 1 saturated heterocycles. The van der Waals surface area contributed by atoms with Gasteiger partial charge in [-0.25, -0.2) is 4.98 Å². The Bertz CT molecular complexity index is 323. The van der Waals surface area contributed by atoms with Gasteiger partial charge in [-0.2, -0.15) is 0 Å². The molecule has 0 atom stereocenters. The summed E-state index contributed by atoms with van der Waals surface area (Å²) < 4.78 is 5.36. The minimum Gasteiger partial charge on any atom is -0.381 e. The second kappa shape index (κ2) is 5.61. The van der Waals surface area contributed by atoms with Gasteiger partial charge in [0.2, 0.25) is 0 Å². The van der Waals surface area contributed by atoms with Crippen LogP contribution in [-0.4, -0.2) is 36.7 Å². The van der Waals surface area contributed by atoms with E-state index in [4.69, 9.17) is 10.5 Å². The molecule has 2 heterocycles. The van der Waals surface area contributed by atoms with Gasteiger partial charge in [0.15, 0.2) is 5.13 Å². The Kier molecular flexibility index (Phi) is 4.15. The van der Waals surface area contributed by atoms with Gasteiger partial charge in [-0.3, -0.25) is 0 Å². The van der Waals surface area contributed by atoms with Crippen molar-refractivity contribution in [3.8, 4) is 0 Å². The van der Waals surface area contributed by atoms with Crippen LogP contribution in [0.15, 0.2) is 5.38 Å². The van der Waals surface area contributed by atoms with Crippen molar-refractivity contribution in [1.82, 2.24) is 9.88 Å². The first-order valence-corrected chi connectivity index (χ1v) is 6.58. The van der Waals surface area contributed by atoms with E-state index >= 15 is 0 Å². The number of hydrogen-bond donors (Lipinski definition) is 1. The molecule has 0 unspecified atom stereocenters. The number of thiazole rings is 1. The number of nitrogens with two attached hydrogens (primary N) is 1. The number of ether oxygens (including phenoxy) is 1. The average Bonchev–Trinajstić information content (AvgIpc) is 2.65. The second-order valence-electron chi connectivity index (χ2n) is 4.43. The van der Waals surface area contributed by atoms with E-state index in [1.54, 1.807) is 0 Å². The monoisotopic (exact) mass is 241 g/mol. The molecule has 1 aromatic heterocycles. The zero-order chi connectivity index (χ0) is 11.4. The summed E-state index contributed by atoms with van der Waals surface area (Å²) in [5, 5.41) is 2.70. The van der Waals surface area contributed by atoms with Crippen molar-refractivity contribution in [1.29, 1.82) is 0 Å². The Labute approximate surface area is 100 Å². The zero-order valence-corrected chi connectivity index (χ0v) is 10.5. The molecular weight excluding hydrogens is 222 g/mol. The average molecular weight is 241 g/mol. The van der Waals surface area contributed by atoms with Crippen LogP contribution in [0, 0.1) is 5.92 Å². The Hall–Kier alpha value is -0.650. The first-order chi connectivity index (χ1) is 7.74. The summed E-state index contributed by atoms with van der Waals surface area (Å²) in [4.78, 5) is 6.60. The molecule has 2 N–H and O–H groups in total. The standard InChI is InChI=1S/C11H19N3OS/c1-14(6-9-2-4-15-5-3-9)7-10-8-16-11(12)13-10/h8-9H,2-7H2,1H3,(H2,12,13). The predicted molar refractivity (Wildman–Crippen MR) is 66.4 cm³/mol. The summed E-state index contributed by atoms with van der Waals surface area (Å²) in [6.07, 6.45) is 2.37. The first kappa shape index (κ1) is 11.8. The molecule has 1 aliphatic rings. The van der Waals surface area contributed by atoms with Gasteiger partial charge in [-0.1, -0.05) is 0 Å². The van der Waals surface area contributed by atoms with E-state index in [2.05, 4.69) is 16.9 Å². The molecule has 5 heteroatoms. The van der Waals surface area contributed by atoms with Crippen LogP contribution in [0.3, 0.4) is 0 Å². The van der Waals surface area contributed by atoms with Gasteiger partial charge in [-0.15, -0.1) is 11.3 Å². The minimum absolute atomic E-state index is 0.662. The highest BCUT2D eigenvalue weighted by Gasteiger charge is 2.16. The second-order valence-corrected chi connectivity index (χ2v) is 5.32. The lowest BCUT2D eigenvalue weighted by atomic mass is 10.00. The Morgan fingerprint density at radius 1 is 1.56 bits per heavy atom. The van der Waals surface area contributed by atoms with Crippen LogP contribution in [0.1, 0.15) is 18.5 Å². The third kappa shape index (κ3) is 3.43. The molecule has 0 aromatic carbocycles. The molecule has 16 heavy (non-hydrogen) atoms. The molecule has 0 radical (unpaired) electrons. The number of hydrogen-bond acceptors (Lipinski definition) is 5. The van der Waals surface area contributed by atoms with Crippen molar-refractivity contribution in [2.24, 2.45) is 5.92 Å². The van der Waals surface area contributed by atoms with E-state index < -0.39 is 0 Å². The van der Waals surface area contributed by atoms with Crippen LogP contribution in [0.2, 0.25) is 0 Å². The zero-order valence-electron chi connectivity index (χ0n) is 9.69. The van der Waals surface area contributed by atoms with Crippen LogP contribution >= 0.6 is 11.3 Å². The molecule has 0 spiro atoms. The van der Waals surface area contributed by atoms with Gasteiger partial charge >= 0.3 is 0 Å². The van der Waals surface area contributed by atoms with Crippen molar-refractivity contribution < 1.29 is 4.74 Å². The van der Waals surface area contributed by atoms with E-state index in [0.717, 1.165) is 37.9 Å². The van der Waals surface area contributed by atoms with E-state index in [1.165, 1.54) is 24.2 Å². The lowest BCUT2D eigenvalue weighted by Crippen LogP contribution is -2.29. The molecule has 2 rings (SSSR count). The summed E-state index contributed by atoms with van der Waals surface area (Å²) in [7, 11) is 2.14. The van der Waals surface area contributed by atoms with Crippen molar-refractivity contribution in [3.05, 3.63) is 11.1 Å². The smallest absolute Gasteiger partial charge is 0.180 e. The van der Waals surface area contributed by atoms with Gasteiger partial charge in [0.05, 0.1) is 5.69 Å². The molecule has 1 aromatic rings. The maximum absolute atomic E-state index is 5.61. The fourth-order valence-electron chi connectivity index (χ4n) is 2.11. The first-order valence-electron chi connectivity index (χ1n) is 5.70. The van der Waals surface area contributed by atoms with Gasteiger partial charge in [0, 0.05) is 31.7 Å². The van der Waals surface area contributed by atoms with E-state index in [1.807, 2.05) is 5.38 Å². The van der Waals surface area contributed by atoms with E-state index in [-0.39, 0.29) is 0 Å². The van der Waals surface area contributed by atoms with Crippen molar-refractivity contribution in [2.45, 2.75) is 19.4 Å². The van der Waals surface area contributed by atoms with E-state index in [0.29, 0.717) is 5.13 Å². The lowest BCUT2D eigenvalue weighted by molar-refractivity contribution is 0.0548. The maximum Gasteiger partial charge on any atom is 0.180 e. The van der Waals surface area contributed by atoms with Crippen LogP contribution in [0.25, 0.3) is 0 Å². The van der Waals surface area contributed by atoms with Crippen molar-refractivity contribution in [2.75, 3.05) is 32.5 Å². The fraction of sp³-hybridized carbons (Fsp3) is 0.727. The largest absolute Gasteiger partial charge is 0.381 e. The summed E-state index contributed by atoms with van der Waals surface area (Å²) >= 11 is 1.51. The number of nitrogens with zero attached hydrogens (tertiary/aromatic N) is 2. The van der Waals surface area contributed by atoms with Gasteiger partial charge in [0.25, 0.3) is 0 Å². The number of nitrogen functional groups attached to an aromatic ring is 1. The number of aromatic nitrogens is 1. The van der Waals surface area contributed by atoms with Crippen LogP contribution in [0.5, 0.6) is 0 Å². The van der Waals surface area contributed by atoms with Crippen LogP contribution in [0.4, 0.5) is 5.13 Å². The van der Waals surface area contributed by atoms with Gasteiger partial charge in [0.1, 0.15) is 0 Å². The third-order valence-corrected chi connectivity index (χ3v) is 3.63. The molecule has 1 fully saturated rings. The molecule has 0 amide bonds. The maximum atomic E-state index is 5.61. The normalized spacial score (nSPS) is 18.1. The SMILES string of the molecule is CN(Cc1csc(N)n1)CC1CCOCC1. The van der Waals surface area contributed by atoms with Gasteiger partial charge in [-0.05, 0) is 25.8 Å². The summed E-state index contributed by atoms with van der Waals surface area (Å²) in [6, 6.07) is 0. The van der Waals surface area contributed by atoms with Gasteiger partial charge < -0.3 is 15.4 Å². The Morgan fingerprint density at radius 3 is 2.94 bits per heavy atom. The van der Waals surface area contributed by atoms with Crippen molar-refractivity contribution in [3.63, 3.8) is 0 Å². The predicted octanol–water partition coefficient (Wildman–Crippen LogP) is 1.58. The third-order valence-electron chi connectivity index (χ3n) is 2.91. The molecule has 4 nitrogen and oxygen atoms in total. The molecule has 90 valence electrons. The summed E-state index contributed by atoms with van der Waals surface area (Å²) in [6.45, 7) is 3.86. The van der Waals surface area contributed by atoms with Crippen molar-refractivity contribution >= 4 is 16.5 Å². The summed E-state index contributed by atoms with van der Waals surface area (Å²) in [5.41, 5.74) is 6.69. The molecule has 0 saturated carbocycles. The molecule has 1 aliphatic heterocycles. The fourth-order valence-corrected chi connectivity index (χ4v) is 2.66. The highest BCUT2D eigenvalue weighted by atomic mass is 32.1. The highest BCUT2D eigenvalue weighted by Crippen LogP contribution is 2.17. The quantitative estimate of drug-likeness (QED) is 0.869. The number of anilines is 1. The topological polar surface area (TPSA) is 51.4 Å². The molecular formula is C11H19N3OS. The molecule has 0 aliphatic carbocycles. The van der Waals surface area contributed by atoms with Crippen LogP contribution in [-0.2, 0) is 11.3 Å². The molecule has 0 bridgehead atoms. The number of rotatable bonds is 4. The highest BCUT2D eigenvalue weighted by molar-refractivity contribution is 7.13.